The number of fused-ring (bicyclic) bond motifs is 1. The SMILES string of the molecule is NN=C(C=Nc1ccc(C(O)N2CCOCC2)cc1)c1cc2c(F)cc(F)cc2[nH]c1=O. The summed E-state index contributed by atoms with van der Waals surface area (Å²) < 4.78 is 32.8. The maximum Gasteiger partial charge on any atom is 0.258 e. The fraction of sp³-hybridized carbons (Fsp3) is 0.227. The van der Waals surface area contributed by atoms with Gasteiger partial charge in [-0.1, -0.05) is 12.1 Å². The van der Waals surface area contributed by atoms with Crippen LogP contribution in [0.5, 0.6) is 0 Å². The van der Waals surface area contributed by atoms with Gasteiger partial charge < -0.3 is 20.7 Å². The maximum absolute atomic E-state index is 14.1. The molecule has 0 bridgehead atoms. The molecule has 1 atom stereocenters. The lowest BCUT2D eigenvalue weighted by atomic mass is 10.1. The smallest absolute Gasteiger partial charge is 0.258 e. The monoisotopic (exact) mass is 441 g/mol. The molecule has 0 saturated carbocycles. The topological polar surface area (TPSA) is 116 Å². The lowest BCUT2D eigenvalue weighted by molar-refractivity contribution is -0.0603. The fourth-order valence-electron chi connectivity index (χ4n) is 3.50. The molecule has 2 heterocycles. The van der Waals surface area contributed by atoms with Gasteiger partial charge in [0.15, 0.2) is 0 Å². The molecule has 32 heavy (non-hydrogen) atoms. The van der Waals surface area contributed by atoms with Crippen molar-refractivity contribution in [2.24, 2.45) is 15.9 Å². The van der Waals surface area contributed by atoms with Crippen molar-refractivity contribution in [2.45, 2.75) is 6.23 Å². The number of nitrogens with zero attached hydrogens (tertiary/aromatic N) is 3. The van der Waals surface area contributed by atoms with Crippen LogP contribution in [0.1, 0.15) is 17.4 Å². The normalized spacial score (nSPS) is 16.7. The number of pyridine rings is 1. The van der Waals surface area contributed by atoms with E-state index in [1.54, 1.807) is 24.3 Å². The summed E-state index contributed by atoms with van der Waals surface area (Å²) in [5.74, 6) is 3.82. The zero-order valence-corrected chi connectivity index (χ0v) is 17.0. The predicted octanol–water partition coefficient (Wildman–Crippen LogP) is 2.19. The molecule has 1 aliphatic rings. The Morgan fingerprint density at radius 3 is 2.59 bits per heavy atom. The number of hydrazone groups is 1. The average Bonchev–Trinajstić information content (AvgIpc) is 2.80. The van der Waals surface area contributed by atoms with Gasteiger partial charge in [-0.15, -0.1) is 0 Å². The first-order chi connectivity index (χ1) is 15.5. The van der Waals surface area contributed by atoms with E-state index in [0.29, 0.717) is 37.6 Å². The van der Waals surface area contributed by atoms with E-state index in [4.69, 9.17) is 10.6 Å². The van der Waals surface area contributed by atoms with Gasteiger partial charge in [-0.05, 0) is 29.8 Å². The van der Waals surface area contributed by atoms with Crippen LogP contribution in [0, 0.1) is 11.6 Å². The number of ether oxygens (including phenoxy) is 1. The van der Waals surface area contributed by atoms with E-state index in [1.807, 2.05) is 4.90 Å². The first kappa shape index (κ1) is 21.8. The number of aliphatic hydroxyl groups excluding tert-OH is 1. The van der Waals surface area contributed by atoms with E-state index >= 15 is 0 Å². The molecule has 1 saturated heterocycles. The number of aromatic nitrogens is 1. The van der Waals surface area contributed by atoms with Gasteiger partial charge in [-0.25, -0.2) is 8.78 Å². The average molecular weight is 441 g/mol. The van der Waals surface area contributed by atoms with Crippen molar-refractivity contribution in [2.75, 3.05) is 26.3 Å². The van der Waals surface area contributed by atoms with Crippen molar-refractivity contribution in [3.63, 3.8) is 0 Å². The Hall–Kier alpha value is -3.47. The quantitative estimate of drug-likeness (QED) is 0.319. The van der Waals surface area contributed by atoms with E-state index in [2.05, 4.69) is 15.1 Å². The Labute approximate surface area is 181 Å². The molecule has 1 fully saturated rings. The van der Waals surface area contributed by atoms with Gasteiger partial charge in [0.1, 0.15) is 23.6 Å². The molecule has 0 radical (unpaired) electrons. The van der Waals surface area contributed by atoms with Gasteiger partial charge in [0.25, 0.3) is 5.56 Å². The summed E-state index contributed by atoms with van der Waals surface area (Å²) in [4.78, 5) is 21.0. The highest BCUT2D eigenvalue weighted by molar-refractivity contribution is 6.38. The zero-order valence-electron chi connectivity index (χ0n) is 17.0. The molecule has 1 aromatic heterocycles. The predicted molar refractivity (Wildman–Crippen MR) is 117 cm³/mol. The number of H-pyrrole nitrogens is 1. The van der Waals surface area contributed by atoms with Gasteiger partial charge in [0.05, 0.1) is 36.2 Å². The number of halogens is 2. The second-order valence-electron chi connectivity index (χ2n) is 7.25. The van der Waals surface area contributed by atoms with E-state index in [9.17, 15) is 18.7 Å². The number of aliphatic hydroxyl groups is 1. The molecule has 3 aromatic rings. The van der Waals surface area contributed by atoms with Crippen LogP contribution in [-0.4, -0.2) is 53.2 Å². The lowest BCUT2D eigenvalue weighted by Crippen LogP contribution is -2.38. The van der Waals surface area contributed by atoms with Gasteiger partial charge >= 0.3 is 0 Å². The number of benzene rings is 2. The van der Waals surface area contributed by atoms with E-state index in [0.717, 1.165) is 12.1 Å². The lowest BCUT2D eigenvalue weighted by Gasteiger charge is -2.31. The number of hydrogen-bond donors (Lipinski definition) is 3. The fourth-order valence-corrected chi connectivity index (χ4v) is 3.50. The van der Waals surface area contributed by atoms with E-state index < -0.39 is 23.4 Å². The standard InChI is InChI=1S/C22H21F2N5O3/c23-14-9-18(24)16-11-17(21(30)27-19(16)10-14)20(28-25)12-26-15-3-1-13(2-4-15)22(31)29-5-7-32-8-6-29/h1-4,9-12,22,31H,5-8,25H2,(H,27,30). The molecule has 0 amide bonds. The summed E-state index contributed by atoms with van der Waals surface area (Å²) >= 11 is 0. The maximum atomic E-state index is 14.1. The zero-order chi connectivity index (χ0) is 22.7. The molecule has 166 valence electrons. The summed E-state index contributed by atoms with van der Waals surface area (Å²) in [6, 6.07) is 9.92. The van der Waals surface area contributed by atoms with Crippen LogP contribution >= 0.6 is 0 Å². The first-order valence-corrected chi connectivity index (χ1v) is 9.90. The summed E-state index contributed by atoms with van der Waals surface area (Å²) in [6.07, 6.45) is 0.541. The van der Waals surface area contributed by atoms with Crippen LogP contribution in [0.15, 0.2) is 57.4 Å². The molecular formula is C22H21F2N5O3. The molecular weight excluding hydrogens is 420 g/mol. The largest absolute Gasteiger partial charge is 0.379 e. The number of rotatable bonds is 5. The number of aliphatic imine (C=N–C) groups is 1. The minimum atomic E-state index is -0.819. The second-order valence-corrected chi connectivity index (χ2v) is 7.25. The third-order valence-corrected chi connectivity index (χ3v) is 5.21. The Morgan fingerprint density at radius 1 is 1.19 bits per heavy atom. The highest BCUT2D eigenvalue weighted by Crippen LogP contribution is 2.22. The van der Waals surface area contributed by atoms with Gasteiger partial charge in [-0.2, -0.15) is 5.10 Å². The third kappa shape index (κ3) is 4.57. The van der Waals surface area contributed by atoms with Crippen LogP contribution in [0.25, 0.3) is 10.9 Å². The van der Waals surface area contributed by atoms with Gasteiger partial charge in [0.2, 0.25) is 0 Å². The number of nitrogens with one attached hydrogen (secondary N) is 1. The molecule has 8 nitrogen and oxygen atoms in total. The minimum absolute atomic E-state index is 0.00591. The van der Waals surface area contributed by atoms with Crippen molar-refractivity contribution in [1.82, 2.24) is 9.88 Å². The summed E-state index contributed by atoms with van der Waals surface area (Å²) in [5, 5.41) is 14.1. The summed E-state index contributed by atoms with van der Waals surface area (Å²) in [7, 11) is 0. The third-order valence-electron chi connectivity index (χ3n) is 5.21. The van der Waals surface area contributed by atoms with Gasteiger partial charge in [-0.3, -0.25) is 14.7 Å². The Kier molecular flexibility index (Phi) is 6.35. The minimum Gasteiger partial charge on any atom is -0.379 e. The molecule has 4 N–H and O–H groups in total. The van der Waals surface area contributed by atoms with Crippen LogP contribution in [0.3, 0.4) is 0 Å². The number of morpholine rings is 1. The molecule has 10 heteroatoms. The number of hydrogen-bond acceptors (Lipinski definition) is 7. The van der Waals surface area contributed by atoms with Crippen LogP contribution < -0.4 is 11.4 Å². The first-order valence-electron chi connectivity index (χ1n) is 9.90. The summed E-state index contributed by atoms with van der Waals surface area (Å²) in [5.41, 5.74) is 0.686. The van der Waals surface area contributed by atoms with Crippen LogP contribution in [0.4, 0.5) is 14.5 Å². The van der Waals surface area contributed by atoms with Gasteiger partial charge in [0, 0.05) is 24.5 Å². The highest BCUT2D eigenvalue weighted by Gasteiger charge is 2.20. The molecule has 1 unspecified atom stereocenters. The summed E-state index contributed by atoms with van der Waals surface area (Å²) in [6.45, 7) is 2.44. The number of nitrogens with two attached hydrogens (primary N) is 1. The van der Waals surface area contributed by atoms with Crippen molar-refractivity contribution >= 4 is 28.5 Å². The van der Waals surface area contributed by atoms with Crippen molar-refractivity contribution in [1.29, 1.82) is 0 Å². The Morgan fingerprint density at radius 2 is 1.91 bits per heavy atom. The number of aromatic amines is 1. The van der Waals surface area contributed by atoms with E-state index in [-0.39, 0.29) is 22.2 Å². The second kappa shape index (κ2) is 9.35. The molecule has 0 spiro atoms. The van der Waals surface area contributed by atoms with Crippen LogP contribution in [0.2, 0.25) is 0 Å². The molecule has 4 rings (SSSR count). The Balaban J connectivity index is 1.56. The Bertz CT molecular complexity index is 1230. The van der Waals surface area contributed by atoms with E-state index in [1.165, 1.54) is 12.3 Å². The molecule has 0 aliphatic carbocycles. The van der Waals surface area contributed by atoms with Crippen molar-refractivity contribution in [3.8, 4) is 0 Å². The molecule has 1 aliphatic heterocycles. The highest BCUT2D eigenvalue weighted by atomic mass is 19.1. The van der Waals surface area contributed by atoms with Crippen molar-refractivity contribution < 1.29 is 18.6 Å². The molecule has 2 aromatic carbocycles. The van der Waals surface area contributed by atoms with Crippen LogP contribution in [-0.2, 0) is 4.74 Å². The van der Waals surface area contributed by atoms with Crippen molar-refractivity contribution in [3.05, 3.63) is 75.6 Å².